The van der Waals surface area contributed by atoms with Gasteiger partial charge in [-0.2, -0.15) is 0 Å². The summed E-state index contributed by atoms with van der Waals surface area (Å²) in [6.07, 6.45) is 10.5. The number of hydrogen-bond donors (Lipinski definition) is 2. The van der Waals surface area contributed by atoms with E-state index in [0.717, 1.165) is 38.5 Å². The first-order chi connectivity index (χ1) is 15.7. The summed E-state index contributed by atoms with van der Waals surface area (Å²) in [5.74, 6) is -0.259. The smallest absolute Gasteiger partial charge is 0.310 e. The van der Waals surface area contributed by atoms with Crippen molar-refractivity contribution in [2.24, 2.45) is 11.8 Å². The zero-order valence-corrected chi connectivity index (χ0v) is 23.3. The highest BCUT2D eigenvalue weighted by Crippen LogP contribution is 2.37. The van der Waals surface area contributed by atoms with Gasteiger partial charge in [0, 0.05) is 22.2 Å². The lowest BCUT2D eigenvalue weighted by molar-refractivity contribution is -0.151. The van der Waals surface area contributed by atoms with Gasteiger partial charge in [0.15, 0.2) is 0 Å². The van der Waals surface area contributed by atoms with Crippen molar-refractivity contribution in [3.05, 3.63) is 0 Å². The Morgan fingerprint density at radius 2 is 0.882 bits per heavy atom. The summed E-state index contributed by atoms with van der Waals surface area (Å²) in [6, 6.07) is 0. The summed E-state index contributed by atoms with van der Waals surface area (Å²) in [6.45, 7) is 18.0. The molecule has 6 nitrogen and oxygen atoms in total. The normalized spacial score (nSPS) is 26.4. The fraction of sp³-hybridized carbons (Fsp3) is 0.929. The molecule has 0 aromatic carbocycles. The number of rotatable bonds is 13. The van der Waals surface area contributed by atoms with Crippen LogP contribution in [0.2, 0.25) is 0 Å². The highest BCUT2D eigenvalue weighted by Gasteiger charge is 2.49. The van der Waals surface area contributed by atoms with Gasteiger partial charge < -0.3 is 20.1 Å². The lowest BCUT2D eigenvalue weighted by atomic mass is 9.87. The molecule has 0 saturated carbocycles. The third kappa shape index (κ3) is 8.82. The SMILES string of the molecule is CC1(C)CC(C(=O)OCCCCCCCCCCOC(=O)C2CC(C)(C)NC2(C)C)C(C)(C)N1. The van der Waals surface area contributed by atoms with Gasteiger partial charge >= 0.3 is 11.9 Å². The van der Waals surface area contributed by atoms with Crippen molar-refractivity contribution < 1.29 is 19.1 Å². The van der Waals surface area contributed by atoms with Crippen LogP contribution in [0.25, 0.3) is 0 Å². The molecule has 2 saturated heterocycles. The topological polar surface area (TPSA) is 76.7 Å². The van der Waals surface area contributed by atoms with Crippen molar-refractivity contribution in [1.82, 2.24) is 10.6 Å². The Balaban J connectivity index is 1.43. The van der Waals surface area contributed by atoms with E-state index in [0.29, 0.717) is 13.2 Å². The molecule has 2 heterocycles. The van der Waals surface area contributed by atoms with E-state index >= 15 is 0 Å². The molecule has 2 fully saturated rings. The van der Waals surface area contributed by atoms with Gasteiger partial charge in [0.25, 0.3) is 0 Å². The highest BCUT2D eigenvalue weighted by molar-refractivity contribution is 5.75. The molecule has 0 amide bonds. The maximum atomic E-state index is 12.5. The Morgan fingerprint density at radius 3 is 1.15 bits per heavy atom. The number of carbonyl (C=O) groups is 2. The van der Waals surface area contributed by atoms with E-state index in [1.54, 1.807) is 0 Å². The summed E-state index contributed by atoms with van der Waals surface area (Å²) >= 11 is 0. The molecular formula is C28H52N2O4. The molecule has 2 aliphatic heterocycles. The minimum atomic E-state index is -0.208. The average molecular weight is 481 g/mol. The summed E-state index contributed by atoms with van der Waals surface area (Å²) < 4.78 is 11.2. The number of ether oxygens (including phenoxy) is 2. The largest absolute Gasteiger partial charge is 0.465 e. The lowest BCUT2D eigenvalue weighted by Crippen LogP contribution is -2.46. The fourth-order valence-electron chi connectivity index (χ4n) is 6.12. The van der Waals surface area contributed by atoms with Crippen LogP contribution >= 0.6 is 0 Å². The molecule has 2 rings (SSSR count). The van der Waals surface area contributed by atoms with Gasteiger partial charge in [0.2, 0.25) is 0 Å². The Labute approximate surface area is 208 Å². The van der Waals surface area contributed by atoms with Gasteiger partial charge in [-0.25, -0.2) is 0 Å². The van der Waals surface area contributed by atoms with Crippen LogP contribution in [-0.4, -0.2) is 47.3 Å². The number of nitrogens with one attached hydrogen (secondary N) is 2. The van der Waals surface area contributed by atoms with Gasteiger partial charge in [0.1, 0.15) is 0 Å². The predicted octanol–water partition coefficient (Wildman–Crippen LogP) is 5.53. The van der Waals surface area contributed by atoms with Crippen LogP contribution in [0.15, 0.2) is 0 Å². The van der Waals surface area contributed by atoms with Crippen LogP contribution in [-0.2, 0) is 19.1 Å². The second kappa shape index (κ2) is 11.7. The van der Waals surface area contributed by atoms with E-state index in [1.807, 2.05) is 0 Å². The summed E-state index contributed by atoms with van der Waals surface area (Å²) in [7, 11) is 0. The van der Waals surface area contributed by atoms with Crippen LogP contribution in [0.5, 0.6) is 0 Å². The van der Waals surface area contributed by atoms with Gasteiger partial charge in [-0.1, -0.05) is 38.5 Å². The van der Waals surface area contributed by atoms with Crippen molar-refractivity contribution in [1.29, 1.82) is 0 Å². The zero-order chi connectivity index (χ0) is 25.6. The minimum Gasteiger partial charge on any atom is -0.465 e. The van der Waals surface area contributed by atoms with Crippen LogP contribution < -0.4 is 10.6 Å². The molecule has 0 spiro atoms. The first-order valence-corrected chi connectivity index (χ1v) is 13.6. The Morgan fingerprint density at radius 1 is 0.588 bits per heavy atom. The van der Waals surface area contributed by atoms with Gasteiger partial charge in [-0.15, -0.1) is 0 Å². The number of esters is 2. The number of unbranched alkanes of at least 4 members (excludes halogenated alkanes) is 7. The molecule has 2 aliphatic rings. The van der Waals surface area contributed by atoms with E-state index in [4.69, 9.17) is 9.47 Å². The average Bonchev–Trinajstić information content (AvgIpc) is 3.06. The van der Waals surface area contributed by atoms with Crippen LogP contribution in [0.4, 0.5) is 0 Å². The van der Waals surface area contributed by atoms with Crippen molar-refractivity contribution in [2.45, 2.75) is 142 Å². The second-order valence-corrected chi connectivity index (χ2v) is 13.1. The van der Waals surface area contributed by atoms with Gasteiger partial charge in [0.05, 0.1) is 25.0 Å². The van der Waals surface area contributed by atoms with E-state index < -0.39 is 0 Å². The summed E-state index contributed by atoms with van der Waals surface area (Å²) in [4.78, 5) is 25.0. The summed E-state index contributed by atoms with van der Waals surface area (Å²) in [5, 5.41) is 7.08. The first kappa shape index (κ1) is 29.1. The molecule has 6 heteroatoms. The lowest BCUT2D eigenvalue weighted by Gasteiger charge is -2.27. The Hall–Kier alpha value is -1.14. The second-order valence-electron chi connectivity index (χ2n) is 13.1. The van der Waals surface area contributed by atoms with Crippen molar-refractivity contribution in [3.8, 4) is 0 Å². The molecule has 34 heavy (non-hydrogen) atoms. The molecule has 198 valence electrons. The van der Waals surface area contributed by atoms with Gasteiger partial charge in [-0.05, 0) is 81.1 Å². The molecule has 2 N–H and O–H groups in total. The van der Waals surface area contributed by atoms with Crippen LogP contribution in [0.3, 0.4) is 0 Å². The molecule has 2 unspecified atom stereocenters. The molecule has 0 bridgehead atoms. The van der Waals surface area contributed by atoms with Crippen molar-refractivity contribution >= 4 is 11.9 Å². The predicted molar refractivity (Wildman–Crippen MR) is 138 cm³/mol. The Kier molecular flexibility index (Phi) is 10.0. The quantitative estimate of drug-likeness (QED) is 0.267. The number of carbonyl (C=O) groups excluding carboxylic acids is 2. The molecule has 0 aromatic rings. The standard InChI is InChI=1S/C28H52N2O4/c1-25(2)19-21(27(5,6)29-25)23(31)33-17-15-13-11-9-10-12-14-16-18-34-24(32)22-20-26(3,4)30-28(22,7)8/h21-22,29-30H,9-20H2,1-8H3. The monoisotopic (exact) mass is 480 g/mol. The third-order valence-electron chi connectivity index (χ3n) is 7.59. The summed E-state index contributed by atoms with van der Waals surface area (Å²) in [5.41, 5.74) is -0.451. The van der Waals surface area contributed by atoms with E-state index in [-0.39, 0.29) is 45.9 Å². The maximum Gasteiger partial charge on any atom is 0.310 e. The zero-order valence-electron chi connectivity index (χ0n) is 23.3. The molecule has 0 aliphatic carbocycles. The van der Waals surface area contributed by atoms with E-state index in [9.17, 15) is 9.59 Å². The molecule has 0 aromatic heterocycles. The molecule has 0 radical (unpaired) electrons. The van der Waals surface area contributed by atoms with Crippen LogP contribution in [0, 0.1) is 11.8 Å². The first-order valence-electron chi connectivity index (χ1n) is 13.6. The van der Waals surface area contributed by atoms with Gasteiger partial charge in [-0.3, -0.25) is 9.59 Å². The van der Waals surface area contributed by atoms with Crippen molar-refractivity contribution in [2.75, 3.05) is 13.2 Å². The van der Waals surface area contributed by atoms with E-state index in [1.165, 1.54) is 25.7 Å². The Bertz CT molecular complexity index is 626. The van der Waals surface area contributed by atoms with Crippen molar-refractivity contribution in [3.63, 3.8) is 0 Å². The molecular weight excluding hydrogens is 428 g/mol. The maximum absolute atomic E-state index is 12.5. The minimum absolute atomic E-state index is 0.0175. The highest BCUT2D eigenvalue weighted by atomic mass is 16.5. The third-order valence-corrected chi connectivity index (χ3v) is 7.59. The molecule has 2 atom stereocenters. The van der Waals surface area contributed by atoms with E-state index in [2.05, 4.69) is 66.0 Å². The fourth-order valence-corrected chi connectivity index (χ4v) is 6.12. The number of hydrogen-bond acceptors (Lipinski definition) is 6. The van der Waals surface area contributed by atoms with Crippen LogP contribution in [0.1, 0.15) is 120 Å².